The van der Waals surface area contributed by atoms with Crippen molar-refractivity contribution in [1.82, 2.24) is 5.32 Å². The molecule has 0 aromatic heterocycles. The molecular weight excluding hydrogens is 90.1 g/mol. The van der Waals surface area contributed by atoms with E-state index in [1.54, 1.807) is 0 Å². The molecule has 1 heterocycles. The largest absolute Gasteiger partial charge is 0.392 e. The highest BCUT2D eigenvalue weighted by Crippen LogP contribution is 1.98. The Balaban J connectivity index is 2.41. The maximum atomic E-state index is 8.98. The van der Waals surface area contributed by atoms with E-state index in [2.05, 4.69) is 5.32 Å². The molecule has 0 saturated carbocycles. The summed E-state index contributed by atoms with van der Waals surface area (Å²) in [4.78, 5) is 0. The number of aliphatic hydroxyl groups excluding tert-OH is 1. The summed E-state index contributed by atoms with van der Waals surface area (Å²) >= 11 is 0. The molecule has 1 aliphatic heterocycles. The van der Waals surface area contributed by atoms with Gasteiger partial charge in [-0.15, -0.1) is 0 Å². The van der Waals surface area contributed by atoms with E-state index >= 15 is 0 Å². The summed E-state index contributed by atoms with van der Waals surface area (Å²) in [5, 5.41) is 11.8. The number of hydrogen-bond acceptors (Lipinski definition) is 2. The zero-order chi connectivity index (χ0) is 6.85. The summed E-state index contributed by atoms with van der Waals surface area (Å²) < 4.78 is 14.4. The zero-order valence-electron chi connectivity index (χ0n) is 6.09. The van der Waals surface area contributed by atoms with Gasteiger partial charge in [0.25, 0.3) is 0 Å². The van der Waals surface area contributed by atoms with Gasteiger partial charge in [0.05, 0.1) is 6.10 Å². The fraction of sp³-hybridized carbons (Fsp3) is 1.00. The molecule has 0 aliphatic carbocycles. The van der Waals surface area contributed by atoms with Gasteiger partial charge < -0.3 is 10.4 Å². The van der Waals surface area contributed by atoms with Crippen LogP contribution >= 0.6 is 0 Å². The van der Waals surface area contributed by atoms with Gasteiger partial charge in [0.2, 0.25) is 0 Å². The number of rotatable bonds is 0. The second-order valence-corrected chi connectivity index (χ2v) is 1.65. The van der Waals surface area contributed by atoms with E-state index < -0.39 is 18.9 Å². The lowest BCUT2D eigenvalue weighted by Crippen LogP contribution is -2.33. The lowest BCUT2D eigenvalue weighted by molar-refractivity contribution is 0.142. The number of nitrogens with one attached hydrogen (secondary N) is 1. The van der Waals surface area contributed by atoms with Crippen molar-refractivity contribution in [2.24, 2.45) is 0 Å². The van der Waals surface area contributed by atoms with Crippen LogP contribution in [0, 0.1) is 0 Å². The number of hydrogen-bond donors (Lipinski definition) is 2. The summed E-state index contributed by atoms with van der Waals surface area (Å²) in [6, 6.07) is 0. The number of aliphatic hydroxyl groups is 1. The van der Waals surface area contributed by atoms with Crippen LogP contribution in [0.2, 0.25) is 0 Å². The zero-order valence-corrected chi connectivity index (χ0v) is 4.09. The molecule has 1 saturated heterocycles. The minimum atomic E-state index is -0.652. The normalized spacial score (nSPS) is 58.1. The highest BCUT2D eigenvalue weighted by Gasteiger charge is 2.06. The van der Waals surface area contributed by atoms with E-state index in [-0.39, 0.29) is 0 Å². The predicted molar refractivity (Wildman–Crippen MR) is 28.1 cm³/mol. The molecule has 2 N–H and O–H groups in total. The SMILES string of the molecule is [2H]C1CNCC(O)C1[2H]. The second-order valence-electron chi connectivity index (χ2n) is 1.65. The van der Waals surface area contributed by atoms with Crippen LogP contribution in [0.15, 0.2) is 0 Å². The highest BCUT2D eigenvalue weighted by atomic mass is 16.3. The van der Waals surface area contributed by atoms with Gasteiger partial charge in [0.1, 0.15) is 0 Å². The van der Waals surface area contributed by atoms with Gasteiger partial charge in [-0.05, 0) is 19.3 Å². The Hall–Kier alpha value is -0.0800. The maximum Gasteiger partial charge on any atom is 0.0665 e. The van der Waals surface area contributed by atoms with Crippen LogP contribution in [0.5, 0.6) is 0 Å². The summed E-state index contributed by atoms with van der Waals surface area (Å²) in [7, 11) is 0. The molecule has 1 aliphatic rings. The molecule has 0 bridgehead atoms. The molecule has 3 unspecified atom stereocenters. The van der Waals surface area contributed by atoms with Crippen LogP contribution in [0.3, 0.4) is 0 Å². The molecule has 2 heteroatoms. The first-order valence-corrected chi connectivity index (χ1v) is 2.45. The molecule has 0 spiro atoms. The lowest BCUT2D eigenvalue weighted by Gasteiger charge is -2.16. The first kappa shape index (κ1) is 3.05. The van der Waals surface area contributed by atoms with E-state index in [9.17, 15) is 0 Å². The van der Waals surface area contributed by atoms with Crippen LogP contribution in [-0.2, 0) is 0 Å². The summed E-state index contributed by atoms with van der Waals surface area (Å²) in [5.41, 5.74) is 0. The van der Waals surface area contributed by atoms with E-state index in [4.69, 9.17) is 7.85 Å². The quantitative estimate of drug-likeness (QED) is 0.442. The van der Waals surface area contributed by atoms with Crippen molar-refractivity contribution in [3.8, 4) is 0 Å². The molecule has 1 fully saturated rings. The van der Waals surface area contributed by atoms with Crippen LogP contribution in [0.1, 0.15) is 15.5 Å². The Kier molecular flexibility index (Phi) is 0.995. The Morgan fingerprint density at radius 2 is 2.71 bits per heavy atom. The molecule has 3 atom stereocenters. The van der Waals surface area contributed by atoms with Crippen molar-refractivity contribution < 1.29 is 7.85 Å². The molecule has 2 nitrogen and oxygen atoms in total. The minimum absolute atomic E-state index is 0.462. The molecule has 42 valence electrons. The fourth-order valence-corrected chi connectivity index (χ4v) is 0.608. The Morgan fingerprint density at radius 3 is 3.29 bits per heavy atom. The Bertz CT molecular complexity index is 91.0. The van der Waals surface area contributed by atoms with E-state index in [0.717, 1.165) is 0 Å². The van der Waals surface area contributed by atoms with Gasteiger partial charge in [-0.3, -0.25) is 0 Å². The van der Waals surface area contributed by atoms with Crippen molar-refractivity contribution >= 4 is 0 Å². The third-order valence-corrected chi connectivity index (χ3v) is 0.974. The molecular formula is C5H11NO. The first-order valence-electron chi connectivity index (χ1n) is 3.60. The van der Waals surface area contributed by atoms with E-state index in [0.29, 0.717) is 13.1 Å². The van der Waals surface area contributed by atoms with Gasteiger partial charge in [-0.1, -0.05) is 0 Å². The standard InChI is InChI=1S/C5H11NO/c7-5-2-1-3-6-4-5/h5-7H,1-4H2/i1D,2D. The van der Waals surface area contributed by atoms with E-state index in [1.807, 2.05) is 0 Å². The number of β-amino-alcohol motifs (C(OH)–C–C–N with tert-alkyl or cyclic N) is 1. The number of piperidine rings is 1. The second kappa shape index (κ2) is 2.28. The molecule has 0 amide bonds. The lowest BCUT2D eigenvalue weighted by atomic mass is 10.1. The van der Waals surface area contributed by atoms with Crippen LogP contribution in [0.25, 0.3) is 0 Å². The molecule has 0 aromatic rings. The van der Waals surface area contributed by atoms with Crippen LogP contribution < -0.4 is 5.32 Å². The summed E-state index contributed by atoms with van der Waals surface area (Å²) in [6.07, 6.45) is -1.73. The van der Waals surface area contributed by atoms with Gasteiger partial charge in [-0.2, -0.15) is 0 Å². The summed E-state index contributed by atoms with van der Waals surface area (Å²) in [6.45, 7) is 0.995. The monoisotopic (exact) mass is 103 g/mol. The Morgan fingerprint density at radius 1 is 1.86 bits per heavy atom. The fourth-order valence-electron chi connectivity index (χ4n) is 0.608. The third-order valence-electron chi connectivity index (χ3n) is 0.974. The molecule has 7 heavy (non-hydrogen) atoms. The topological polar surface area (TPSA) is 32.3 Å². The van der Waals surface area contributed by atoms with Crippen molar-refractivity contribution in [3.05, 3.63) is 0 Å². The van der Waals surface area contributed by atoms with Gasteiger partial charge >= 0.3 is 0 Å². The van der Waals surface area contributed by atoms with Crippen molar-refractivity contribution in [3.63, 3.8) is 0 Å². The molecule has 0 aromatic carbocycles. The van der Waals surface area contributed by atoms with Gasteiger partial charge in [-0.25, -0.2) is 0 Å². The molecule has 1 rings (SSSR count). The highest BCUT2D eigenvalue weighted by molar-refractivity contribution is 4.65. The smallest absolute Gasteiger partial charge is 0.0665 e. The first-order chi connectivity index (χ1) is 4.22. The van der Waals surface area contributed by atoms with Gasteiger partial charge in [0.15, 0.2) is 0 Å². The molecule has 0 radical (unpaired) electrons. The minimum Gasteiger partial charge on any atom is -0.392 e. The predicted octanol–water partition coefficient (Wildman–Crippen LogP) is -0.269. The van der Waals surface area contributed by atoms with Crippen molar-refractivity contribution in [1.29, 1.82) is 0 Å². The van der Waals surface area contributed by atoms with Crippen molar-refractivity contribution in [2.75, 3.05) is 13.1 Å². The van der Waals surface area contributed by atoms with Gasteiger partial charge in [0, 0.05) is 9.29 Å². The summed E-state index contributed by atoms with van der Waals surface area (Å²) in [5.74, 6) is 0. The average molecular weight is 103 g/mol. The average Bonchev–Trinajstić information content (AvgIpc) is 1.83. The van der Waals surface area contributed by atoms with Crippen molar-refractivity contribution in [2.45, 2.75) is 18.9 Å². The van der Waals surface area contributed by atoms with E-state index in [1.165, 1.54) is 0 Å². The third kappa shape index (κ3) is 1.45. The van der Waals surface area contributed by atoms with Crippen LogP contribution in [0.4, 0.5) is 0 Å². The Labute approximate surface area is 46.3 Å². The maximum absolute atomic E-state index is 8.98. The van der Waals surface area contributed by atoms with Crippen LogP contribution in [-0.4, -0.2) is 24.3 Å².